The minimum atomic E-state index is 0.496. The maximum absolute atomic E-state index is 5.75. The minimum absolute atomic E-state index is 0.496. The number of nitrogens with two attached hydrogens (primary N) is 1. The van der Waals surface area contributed by atoms with Gasteiger partial charge in [0.25, 0.3) is 0 Å². The monoisotopic (exact) mass is 239 g/mol. The van der Waals surface area contributed by atoms with E-state index in [-0.39, 0.29) is 0 Å². The van der Waals surface area contributed by atoms with Crippen LogP contribution < -0.4 is 5.73 Å². The van der Waals surface area contributed by atoms with Crippen molar-refractivity contribution in [1.29, 1.82) is 0 Å². The molecule has 1 aliphatic rings. The third kappa shape index (κ3) is 2.55. The van der Waals surface area contributed by atoms with Crippen molar-refractivity contribution in [2.24, 2.45) is 11.7 Å². The molecule has 0 amide bonds. The zero-order valence-corrected chi connectivity index (χ0v) is 9.13. The van der Waals surface area contributed by atoms with Gasteiger partial charge in [0.2, 0.25) is 0 Å². The minimum Gasteiger partial charge on any atom is -0.327 e. The highest BCUT2D eigenvalue weighted by Gasteiger charge is 2.32. The van der Waals surface area contributed by atoms with Gasteiger partial charge in [0.15, 0.2) is 0 Å². The van der Waals surface area contributed by atoms with Crippen molar-refractivity contribution in [2.45, 2.75) is 25.3 Å². The van der Waals surface area contributed by atoms with Crippen molar-refractivity contribution in [3.05, 3.63) is 34.3 Å². The molecule has 1 saturated carbocycles. The lowest BCUT2D eigenvalue weighted by atomic mass is 10.1. The third-order valence-electron chi connectivity index (χ3n) is 2.69. The number of hydrogen-bond donors (Lipinski definition) is 1. The van der Waals surface area contributed by atoms with Crippen LogP contribution in [0.2, 0.25) is 0 Å². The molecule has 2 rings (SSSR count). The molecular formula is C11H14BrN. The molecule has 1 aromatic rings. The molecule has 0 spiro atoms. The summed E-state index contributed by atoms with van der Waals surface area (Å²) < 4.78 is 1.15. The van der Waals surface area contributed by atoms with Crippen LogP contribution in [-0.4, -0.2) is 6.04 Å². The van der Waals surface area contributed by atoms with Crippen molar-refractivity contribution >= 4 is 15.9 Å². The number of rotatable bonds is 3. The fourth-order valence-corrected chi connectivity index (χ4v) is 1.87. The topological polar surface area (TPSA) is 26.0 Å². The Balaban J connectivity index is 1.84. The van der Waals surface area contributed by atoms with Gasteiger partial charge in [-0.15, -0.1) is 0 Å². The summed E-state index contributed by atoms with van der Waals surface area (Å²) in [5.74, 6) is 0.795. The van der Waals surface area contributed by atoms with E-state index in [0.717, 1.165) is 10.4 Å². The summed E-state index contributed by atoms with van der Waals surface area (Å²) in [6.45, 7) is 0. The lowest BCUT2D eigenvalue weighted by Crippen LogP contribution is -2.02. The molecule has 1 aliphatic carbocycles. The number of benzene rings is 1. The molecule has 1 nitrogen and oxygen atoms in total. The van der Waals surface area contributed by atoms with Crippen molar-refractivity contribution in [3.8, 4) is 0 Å². The van der Waals surface area contributed by atoms with Gasteiger partial charge in [-0.05, 0) is 42.9 Å². The molecule has 13 heavy (non-hydrogen) atoms. The summed E-state index contributed by atoms with van der Waals surface area (Å²) in [7, 11) is 0. The summed E-state index contributed by atoms with van der Waals surface area (Å²) in [5.41, 5.74) is 7.17. The van der Waals surface area contributed by atoms with Gasteiger partial charge in [0, 0.05) is 10.5 Å². The molecule has 2 heteroatoms. The molecule has 70 valence electrons. The van der Waals surface area contributed by atoms with Crippen LogP contribution in [-0.2, 0) is 6.42 Å². The van der Waals surface area contributed by atoms with Gasteiger partial charge >= 0.3 is 0 Å². The Morgan fingerprint density at radius 2 is 1.92 bits per heavy atom. The van der Waals surface area contributed by atoms with Gasteiger partial charge in [-0.3, -0.25) is 0 Å². The molecule has 2 N–H and O–H groups in total. The lowest BCUT2D eigenvalue weighted by molar-refractivity contribution is 0.699. The van der Waals surface area contributed by atoms with Crippen molar-refractivity contribution in [2.75, 3.05) is 0 Å². The van der Waals surface area contributed by atoms with Gasteiger partial charge < -0.3 is 5.73 Å². The van der Waals surface area contributed by atoms with Crippen molar-refractivity contribution in [3.63, 3.8) is 0 Å². The summed E-state index contributed by atoms with van der Waals surface area (Å²) in [6.07, 6.45) is 3.66. The van der Waals surface area contributed by atoms with Gasteiger partial charge in [0.05, 0.1) is 0 Å². The zero-order chi connectivity index (χ0) is 9.26. The second-order valence-corrected chi connectivity index (χ2v) is 4.74. The Morgan fingerprint density at radius 1 is 1.31 bits per heavy atom. The second-order valence-electron chi connectivity index (χ2n) is 3.82. The number of aryl methyl sites for hydroxylation is 1. The second kappa shape index (κ2) is 3.81. The molecule has 0 heterocycles. The first kappa shape index (κ1) is 9.22. The van der Waals surface area contributed by atoms with Crippen LogP contribution >= 0.6 is 15.9 Å². The molecule has 1 aromatic carbocycles. The fourth-order valence-electron chi connectivity index (χ4n) is 1.61. The van der Waals surface area contributed by atoms with Crippen LogP contribution in [0.25, 0.3) is 0 Å². The first-order valence-electron chi connectivity index (χ1n) is 4.76. The Hall–Kier alpha value is -0.340. The van der Waals surface area contributed by atoms with E-state index in [2.05, 4.69) is 40.2 Å². The Kier molecular flexibility index (Phi) is 2.70. The largest absolute Gasteiger partial charge is 0.327 e. The first-order chi connectivity index (χ1) is 6.25. The quantitative estimate of drug-likeness (QED) is 0.863. The van der Waals surface area contributed by atoms with E-state index in [4.69, 9.17) is 5.73 Å². The Bertz CT molecular complexity index is 281. The smallest absolute Gasteiger partial charge is 0.0175 e. The fraction of sp³-hybridized carbons (Fsp3) is 0.455. The Labute approximate surface area is 87.5 Å². The number of halogens is 1. The maximum Gasteiger partial charge on any atom is 0.0175 e. The molecule has 0 saturated heterocycles. The van der Waals surface area contributed by atoms with Crippen molar-refractivity contribution in [1.82, 2.24) is 0 Å². The highest BCUT2D eigenvalue weighted by Crippen LogP contribution is 2.32. The molecular weight excluding hydrogens is 226 g/mol. The maximum atomic E-state index is 5.75. The summed E-state index contributed by atoms with van der Waals surface area (Å²) in [6, 6.07) is 9.05. The third-order valence-corrected chi connectivity index (χ3v) is 3.22. The summed E-state index contributed by atoms with van der Waals surface area (Å²) in [4.78, 5) is 0. The summed E-state index contributed by atoms with van der Waals surface area (Å²) in [5, 5.41) is 0. The molecule has 2 atom stereocenters. The van der Waals surface area contributed by atoms with Crippen LogP contribution in [0.5, 0.6) is 0 Å². The molecule has 0 unspecified atom stereocenters. The molecule has 1 fully saturated rings. The highest BCUT2D eigenvalue weighted by molar-refractivity contribution is 9.10. The van der Waals surface area contributed by atoms with Crippen LogP contribution in [0.15, 0.2) is 28.7 Å². The van der Waals surface area contributed by atoms with E-state index in [9.17, 15) is 0 Å². The van der Waals surface area contributed by atoms with E-state index in [1.165, 1.54) is 24.8 Å². The zero-order valence-electron chi connectivity index (χ0n) is 7.54. The highest BCUT2D eigenvalue weighted by atomic mass is 79.9. The van der Waals surface area contributed by atoms with Gasteiger partial charge in [-0.2, -0.15) is 0 Å². The van der Waals surface area contributed by atoms with E-state index in [1.54, 1.807) is 0 Å². The van der Waals surface area contributed by atoms with Crippen LogP contribution in [0.4, 0.5) is 0 Å². The lowest BCUT2D eigenvalue weighted by Gasteiger charge is -2.00. The summed E-state index contributed by atoms with van der Waals surface area (Å²) >= 11 is 3.43. The van der Waals surface area contributed by atoms with Crippen LogP contribution in [0.3, 0.4) is 0 Å². The van der Waals surface area contributed by atoms with E-state index in [0.29, 0.717) is 6.04 Å². The predicted molar refractivity (Wildman–Crippen MR) is 58.5 cm³/mol. The average Bonchev–Trinajstić information content (AvgIpc) is 2.81. The molecule has 0 aliphatic heterocycles. The van der Waals surface area contributed by atoms with Crippen LogP contribution in [0.1, 0.15) is 18.4 Å². The molecule has 0 radical (unpaired) electrons. The first-order valence-corrected chi connectivity index (χ1v) is 5.55. The van der Waals surface area contributed by atoms with Gasteiger partial charge in [-0.25, -0.2) is 0 Å². The standard InChI is InChI=1S/C11H14BrN/c12-10-5-2-8(3-6-10)1-4-9-7-11(9)13/h2-3,5-6,9,11H,1,4,7,13H2/t9-,11-/m1/s1. The normalized spacial score (nSPS) is 26.0. The SMILES string of the molecule is N[C@@H]1C[C@H]1CCc1ccc(Br)cc1. The molecule has 0 bridgehead atoms. The van der Waals surface area contributed by atoms with E-state index >= 15 is 0 Å². The van der Waals surface area contributed by atoms with Gasteiger partial charge in [0.1, 0.15) is 0 Å². The van der Waals surface area contributed by atoms with Crippen LogP contribution in [0, 0.1) is 5.92 Å². The number of hydrogen-bond acceptors (Lipinski definition) is 1. The van der Waals surface area contributed by atoms with Crippen molar-refractivity contribution < 1.29 is 0 Å². The van der Waals surface area contributed by atoms with E-state index < -0.39 is 0 Å². The van der Waals surface area contributed by atoms with E-state index in [1.807, 2.05) is 0 Å². The Morgan fingerprint density at radius 3 is 2.46 bits per heavy atom. The van der Waals surface area contributed by atoms with Gasteiger partial charge in [-0.1, -0.05) is 28.1 Å². The average molecular weight is 240 g/mol. The predicted octanol–water partition coefficient (Wildman–Crippen LogP) is 2.73. The molecule has 0 aromatic heterocycles.